The van der Waals surface area contributed by atoms with Crippen molar-refractivity contribution in [3.63, 3.8) is 0 Å². The fourth-order valence-electron chi connectivity index (χ4n) is 8.55. The standard InChI is InChI=1S/C55H34N2O2S/c1-4-12-35(13-5-1)36-20-24-41(25-21-36)57(42-26-29-51-46(32-42)43-18-10-11-19-50(43)58-51)49-28-23-39(30-45(49)37-14-6-2-7-15-37)40-22-27-44-47-33-54-48(34-53(47)59-52(44)31-40)56-55(60-54)38-16-8-3-9-17-38/h1-34H. The first-order valence-corrected chi connectivity index (χ1v) is 20.9. The highest BCUT2D eigenvalue weighted by Gasteiger charge is 2.21. The summed E-state index contributed by atoms with van der Waals surface area (Å²) in [5, 5.41) is 5.39. The number of nitrogens with zero attached hydrogens (tertiary/aromatic N) is 2. The molecule has 9 aromatic carbocycles. The van der Waals surface area contributed by atoms with Gasteiger partial charge in [-0.25, -0.2) is 4.98 Å². The molecule has 12 rings (SSSR count). The molecule has 0 aliphatic heterocycles. The molecule has 0 aliphatic rings. The van der Waals surface area contributed by atoms with Crippen LogP contribution in [0.4, 0.5) is 17.1 Å². The molecule has 0 bridgehead atoms. The van der Waals surface area contributed by atoms with Crippen LogP contribution in [-0.4, -0.2) is 4.98 Å². The predicted octanol–water partition coefficient (Wildman–Crippen LogP) is 16.2. The van der Waals surface area contributed by atoms with Crippen molar-refractivity contribution in [3.05, 3.63) is 206 Å². The fourth-order valence-corrected chi connectivity index (χ4v) is 9.55. The third kappa shape index (κ3) is 5.86. The summed E-state index contributed by atoms with van der Waals surface area (Å²) in [5.41, 5.74) is 15.5. The van der Waals surface area contributed by atoms with Gasteiger partial charge in [0.25, 0.3) is 0 Å². The van der Waals surface area contributed by atoms with Gasteiger partial charge in [-0.05, 0) is 94.5 Å². The maximum Gasteiger partial charge on any atom is 0.137 e. The Balaban J connectivity index is 0.997. The van der Waals surface area contributed by atoms with Gasteiger partial charge in [-0.2, -0.15) is 0 Å². The molecule has 12 aromatic rings. The highest BCUT2D eigenvalue weighted by Crippen LogP contribution is 2.45. The number of anilines is 3. The molecule has 3 aromatic heterocycles. The van der Waals surface area contributed by atoms with E-state index in [0.717, 1.165) is 104 Å². The van der Waals surface area contributed by atoms with Gasteiger partial charge in [0.15, 0.2) is 0 Å². The summed E-state index contributed by atoms with van der Waals surface area (Å²) in [4.78, 5) is 7.33. The zero-order chi connectivity index (χ0) is 39.6. The van der Waals surface area contributed by atoms with Gasteiger partial charge in [-0.15, -0.1) is 11.3 Å². The molecule has 0 saturated heterocycles. The second kappa shape index (κ2) is 14.0. The van der Waals surface area contributed by atoms with Gasteiger partial charge >= 0.3 is 0 Å². The van der Waals surface area contributed by atoms with Gasteiger partial charge in [0.05, 0.1) is 15.9 Å². The molecule has 0 spiro atoms. The van der Waals surface area contributed by atoms with E-state index in [0.29, 0.717) is 0 Å². The largest absolute Gasteiger partial charge is 0.456 e. The first kappa shape index (κ1) is 34.3. The minimum absolute atomic E-state index is 0.844. The van der Waals surface area contributed by atoms with E-state index in [9.17, 15) is 0 Å². The van der Waals surface area contributed by atoms with Gasteiger partial charge < -0.3 is 13.7 Å². The quantitative estimate of drug-likeness (QED) is 0.161. The molecule has 0 N–H and O–H groups in total. The summed E-state index contributed by atoms with van der Waals surface area (Å²) >= 11 is 1.72. The molecule has 4 nitrogen and oxygen atoms in total. The molecule has 5 heteroatoms. The second-order valence-electron chi connectivity index (χ2n) is 15.1. The van der Waals surface area contributed by atoms with Crippen molar-refractivity contribution in [2.24, 2.45) is 0 Å². The molecule has 60 heavy (non-hydrogen) atoms. The Bertz CT molecular complexity index is 3530. The number of furan rings is 2. The minimum atomic E-state index is 0.844. The number of hydrogen-bond donors (Lipinski definition) is 0. The van der Waals surface area contributed by atoms with Crippen molar-refractivity contribution in [1.82, 2.24) is 4.98 Å². The number of aromatic nitrogens is 1. The Morgan fingerprint density at radius 3 is 1.73 bits per heavy atom. The Hall–Kier alpha value is -7.73. The van der Waals surface area contributed by atoms with Crippen LogP contribution in [0.1, 0.15) is 0 Å². The van der Waals surface area contributed by atoms with Crippen molar-refractivity contribution in [2.75, 3.05) is 4.90 Å². The van der Waals surface area contributed by atoms with Crippen molar-refractivity contribution >= 4 is 82.5 Å². The highest BCUT2D eigenvalue weighted by molar-refractivity contribution is 7.21. The van der Waals surface area contributed by atoms with Gasteiger partial charge in [0.2, 0.25) is 0 Å². The van der Waals surface area contributed by atoms with Crippen LogP contribution in [0, 0.1) is 0 Å². The lowest BCUT2D eigenvalue weighted by atomic mass is 9.95. The monoisotopic (exact) mass is 786 g/mol. The second-order valence-corrected chi connectivity index (χ2v) is 16.2. The predicted molar refractivity (Wildman–Crippen MR) is 251 cm³/mol. The number of rotatable bonds is 7. The molecule has 0 radical (unpaired) electrons. The fraction of sp³-hybridized carbons (Fsp3) is 0. The zero-order valence-corrected chi connectivity index (χ0v) is 33.1. The third-order valence-electron chi connectivity index (χ3n) is 11.5. The molecular formula is C55H34N2O2S. The lowest BCUT2D eigenvalue weighted by Gasteiger charge is -2.28. The van der Waals surface area contributed by atoms with E-state index in [1.54, 1.807) is 11.3 Å². The van der Waals surface area contributed by atoms with Crippen molar-refractivity contribution in [2.45, 2.75) is 0 Å². The molecule has 3 heterocycles. The Labute approximate surface area is 349 Å². The molecular weight excluding hydrogens is 753 g/mol. The van der Waals surface area contributed by atoms with Gasteiger partial charge in [-0.3, -0.25) is 0 Å². The molecule has 0 fully saturated rings. The van der Waals surface area contributed by atoms with Crippen LogP contribution < -0.4 is 4.90 Å². The van der Waals surface area contributed by atoms with E-state index in [-0.39, 0.29) is 0 Å². The highest BCUT2D eigenvalue weighted by atomic mass is 32.1. The van der Waals surface area contributed by atoms with Crippen LogP contribution in [0.2, 0.25) is 0 Å². The van der Waals surface area contributed by atoms with E-state index in [1.807, 2.05) is 18.2 Å². The summed E-state index contributed by atoms with van der Waals surface area (Å²) in [5.74, 6) is 0. The van der Waals surface area contributed by atoms with E-state index in [4.69, 9.17) is 13.8 Å². The number of para-hydroxylation sites is 1. The zero-order valence-electron chi connectivity index (χ0n) is 32.2. The lowest BCUT2D eigenvalue weighted by Crippen LogP contribution is -2.11. The van der Waals surface area contributed by atoms with E-state index < -0.39 is 0 Å². The minimum Gasteiger partial charge on any atom is -0.456 e. The average Bonchev–Trinajstić information content (AvgIpc) is 4.02. The number of benzene rings is 9. The Kier molecular flexibility index (Phi) is 8.00. The van der Waals surface area contributed by atoms with Crippen LogP contribution in [0.25, 0.3) is 98.0 Å². The SMILES string of the molecule is c1ccc(-c2ccc(N(c3ccc4oc5ccccc5c4c3)c3ccc(-c4ccc5c(c4)oc4cc6nc(-c7ccccc7)sc6cc45)cc3-c3ccccc3)cc2)cc1. The molecule has 0 saturated carbocycles. The van der Waals surface area contributed by atoms with Crippen LogP contribution in [-0.2, 0) is 0 Å². The van der Waals surface area contributed by atoms with E-state index in [2.05, 4.69) is 193 Å². The van der Waals surface area contributed by atoms with E-state index in [1.165, 1.54) is 11.1 Å². The summed E-state index contributed by atoms with van der Waals surface area (Å²) in [6.07, 6.45) is 0. The number of fused-ring (bicyclic) bond motifs is 7. The Morgan fingerprint density at radius 1 is 0.367 bits per heavy atom. The molecule has 0 unspecified atom stereocenters. The molecule has 0 atom stereocenters. The summed E-state index contributed by atoms with van der Waals surface area (Å²) in [6.45, 7) is 0. The van der Waals surface area contributed by atoms with Gasteiger partial charge in [0.1, 0.15) is 27.3 Å². The first-order chi connectivity index (χ1) is 29.7. The smallest absolute Gasteiger partial charge is 0.137 e. The van der Waals surface area contributed by atoms with Crippen LogP contribution in [0.5, 0.6) is 0 Å². The first-order valence-electron chi connectivity index (χ1n) is 20.1. The number of hydrogen-bond acceptors (Lipinski definition) is 5. The molecule has 0 amide bonds. The maximum atomic E-state index is 6.58. The van der Waals surface area contributed by atoms with Crippen LogP contribution in [0.3, 0.4) is 0 Å². The number of thiazole rings is 1. The van der Waals surface area contributed by atoms with Crippen LogP contribution >= 0.6 is 11.3 Å². The third-order valence-corrected chi connectivity index (χ3v) is 12.6. The summed E-state index contributed by atoms with van der Waals surface area (Å²) < 4.78 is 14.0. The molecule has 0 aliphatic carbocycles. The van der Waals surface area contributed by atoms with Crippen LogP contribution in [0.15, 0.2) is 215 Å². The summed E-state index contributed by atoms with van der Waals surface area (Å²) in [7, 11) is 0. The van der Waals surface area contributed by atoms with Gasteiger partial charge in [0, 0.05) is 50.1 Å². The topological polar surface area (TPSA) is 42.4 Å². The van der Waals surface area contributed by atoms with Gasteiger partial charge in [-0.1, -0.05) is 133 Å². The maximum absolute atomic E-state index is 6.58. The molecule has 282 valence electrons. The average molecular weight is 787 g/mol. The normalized spacial score (nSPS) is 11.7. The lowest BCUT2D eigenvalue weighted by molar-refractivity contribution is 0.669. The van der Waals surface area contributed by atoms with Crippen molar-refractivity contribution in [3.8, 4) is 44.0 Å². The van der Waals surface area contributed by atoms with Crippen molar-refractivity contribution < 1.29 is 8.83 Å². The summed E-state index contributed by atoms with van der Waals surface area (Å²) in [6, 6.07) is 72.9. The Morgan fingerprint density at radius 2 is 0.933 bits per heavy atom. The van der Waals surface area contributed by atoms with E-state index >= 15 is 0 Å². The van der Waals surface area contributed by atoms with Crippen molar-refractivity contribution in [1.29, 1.82) is 0 Å².